The Kier molecular flexibility index (Phi) is 5.21. The van der Waals surface area contributed by atoms with E-state index >= 15 is 0 Å². The van der Waals surface area contributed by atoms with Gasteiger partial charge in [-0.05, 0) is 11.1 Å². The molecule has 0 N–H and O–H groups in total. The van der Waals surface area contributed by atoms with E-state index in [2.05, 4.69) is 27.7 Å². The van der Waals surface area contributed by atoms with Crippen LogP contribution in [0.15, 0.2) is 0 Å². The molecular formula is C9H20O2Si. The maximum Gasteiger partial charge on any atom is 0.292 e. The Hall–Kier alpha value is -0.313. The van der Waals surface area contributed by atoms with Gasteiger partial charge in [0.2, 0.25) is 9.04 Å². The Balaban J connectivity index is 4.05. The van der Waals surface area contributed by atoms with Gasteiger partial charge in [-0.3, -0.25) is 4.79 Å². The van der Waals surface area contributed by atoms with E-state index in [0.717, 1.165) is 0 Å². The summed E-state index contributed by atoms with van der Waals surface area (Å²) in [6.45, 7) is 10.4. The van der Waals surface area contributed by atoms with Crippen LogP contribution in [0.2, 0.25) is 11.1 Å². The molecule has 3 heteroatoms. The van der Waals surface area contributed by atoms with Gasteiger partial charge in [0.05, 0.1) is 0 Å². The van der Waals surface area contributed by atoms with Crippen LogP contribution in [-0.2, 0) is 9.22 Å². The van der Waals surface area contributed by atoms with Gasteiger partial charge in [-0.15, -0.1) is 0 Å². The molecule has 0 spiro atoms. The lowest BCUT2D eigenvalue weighted by atomic mass is 10.5. The molecule has 0 aromatic rings. The van der Waals surface area contributed by atoms with E-state index in [-0.39, 0.29) is 5.97 Å². The molecule has 0 amide bonds. The number of hydrogen-bond acceptors (Lipinski definition) is 2. The van der Waals surface area contributed by atoms with Crippen LogP contribution >= 0.6 is 0 Å². The molecule has 0 bridgehead atoms. The second kappa shape index (κ2) is 5.35. The second-order valence-corrected chi connectivity index (χ2v) is 7.63. The first-order chi connectivity index (χ1) is 5.49. The minimum Gasteiger partial charge on any atom is -0.521 e. The standard InChI is InChI=1S/C9H20O2Si/c1-6-9(10)11-12(7(2)3)8(4)5/h7-8,12H,6H2,1-5H3. The monoisotopic (exact) mass is 188 g/mol. The normalized spacial score (nSPS) is 11.3. The van der Waals surface area contributed by atoms with Gasteiger partial charge in [0.25, 0.3) is 5.97 Å². The van der Waals surface area contributed by atoms with E-state index in [1.54, 1.807) is 0 Å². The fraction of sp³-hybridized carbons (Fsp3) is 0.889. The summed E-state index contributed by atoms with van der Waals surface area (Å²) >= 11 is 0. The number of carbonyl (C=O) groups excluding carboxylic acids is 1. The van der Waals surface area contributed by atoms with Gasteiger partial charge in [0, 0.05) is 6.42 Å². The van der Waals surface area contributed by atoms with Crippen molar-refractivity contribution in [3.63, 3.8) is 0 Å². The number of hydrogen-bond donors (Lipinski definition) is 0. The van der Waals surface area contributed by atoms with E-state index in [9.17, 15) is 4.79 Å². The molecule has 72 valence electrons. The number of rotatable bonds is 4. The Bertz CT molecular complexity index is 135. The molecule has 0 atom stereocenters. The lowest BCUT2D eigenvalue weighted by Gasteiger charge is -2.22. The summed E-state index contributed by atoms with van der Waals surface area (Å²) in [4.78, 5) is 11.0. The van der Waals surface area contributed by atoms with Crippen LogP contribution in [0.25, 0.3) is 0 Å². The summed E-state index contributed by atoms with van der Waals surface area (Å²) in [5.74, 6) is -0.0333. The Morgan fingerprint density at radius 3 is 1.92 bits per heavy atom. The molecule has 0 aromatic carbocycles. The van der Waals surface area contributed by atoms with Crippen molar-refractivity contribution in [3.8, 4) is 0 Å². The molecule has 0 aliphatic carbocycles. The van der Waals surface area contributed by atoms with Crippen molar-refractivity contribution in [2.24, 2.45) is 0 Å². The highest BCUT2D eigenvalue weighted by atomic mass is 28.3. The van der Waals surface area contributed by atoms with Crippen LogP contribution in [0.5, 0.6) is 0 Å². The molecule has 12 heavy (non-hydrogen) atoms. The van der Waals surface area contributed by atoms with Crippen molar-refractivity contribution in [1.29, 1.82) is 0 Å². The van der Waals surface area contributed by atoms with Gasteiger partial charge in [-0.25, -0.2) is 0 Å². The highest BCUT2D eigenvalue weighted by Crippen LogP contribution is 2.21. The molecule has 0 aromatic heterocycles. The highest BCUT2D eigenvalue weighted by Gasteiger charge is 2.23. The minimum atomic E-state index is -1.31. The third-order valence-corrected chi connectivity index (χ3v) is 5.03. The minimum absolute atomic E-state index is 0.0333. The average Bonchev–Trinajstić information content (AvgIpc) is 1.98. The maximum atomic E-state index is 11.0. The van der Waals surface area contributed by atoms with Crippen molar-refractivity contribution >= 4 is 15.0 Å². The van der Waals surface area contributed by atoms with Crippen LogP contribution in [0.3, 0.4) is 0 Å². The predicted octanol–water partition coefficient (Wildman–Crippen LogP) is 2.48. The van der Waals surface area contributed by atoms with Crippen LogP contribution in [0, 0.1) is 0 Å². The van der Waals surface area contributed by atoms with Gasteiger partial charge in [-0.2, -0.15) is 0 Å². The molecule has 0 saturated carbocycles. The van der Waals surface area contributed by atoms with Crippen molar-refractivity contribution in [1.82, 2.24) is 0 Å². The topological polar surface area (TPSA) is 26.3 Å². The van der Waals surface area contributed by atoms with Gasteiger partial charge >= 0.3 is 0 Å². The molecule has 0 aliphatic rings. The predicted molar refractivity (Wildman–Crippen MR) is 53.7 cm³/mol. The molecule has 0 rings (SSSR count). The fourth-order valence-corrected chi connectivity index (χ4v) is 3.83. The summed E-state index contributed by atoms with van der Waals surface area (Å²) in [5.41, 5.74) is 1.08. The first-order valence-corrected chi connectivity index (χ1v) is 6.49. The summed E-state index contributed by atoms with van der Waals surface area (Å²) < 4.78 is 5.42. The Morgan fingerprint density at radius 2 is 1.67 bits per heavy atom. The van der Waals surface area contributed by atoms with E-state index in [4.69, 9.17) is 4.43 Å². The summed E-state index contributed by atoms with van der Waals surface area (Å²) in [5, 5.41) is 0. The average molecular weight is 188 g/mol. The quantitative estimate of drug-likeness (QED) is 0.634. The third kappa shape index (κ3) is 3.90. The van der Waals surface area contributed by atoms with Crippen LogP contribution in [-0.4, -0.2) is 15.0 Å². The molecule has 2 nitrogen and oxygen atoms in total. The molecule has 0 radical (unpaired) electrons. The summed E-state index contributed by atoms with van der Waals surface area (Å²) in [6, 6.07) is 0. The molecule has 0 aliphatic heterocycles. The van der Waals surface area contributed by atoms with Crippen LogP contribution < -0.4 is 0 Å². The Labute approximate surface area is 77.0 Å². The first-order valence-electron chi connectivity index (χ1n) is 4.68. The van der Waals surface area contributed by atoms with Gasteiger partial charge in [0.15, 0.2) is 0 Å². The zero-order valence-electron chi connectivity index (χ0n) is 8.76. The van der Waals surface area contributed by atoms with Crippen LogP contribution in [0.4, 0.5) is 0 Å². The van der Waals surface area contributed by atoms with Crippen molar-refractivity contribution in [2.45, 2.75) is 52.1 Å². The lowest BCUT2D eigenvalue weighted by Crippen LogP contribution is -2.28. The largest absolute Gasteiger partial charge is 0.521 e. The molecule has 0 heterocycles. The second-order valence-electron chi connectivity index (χ2n) is 3.80. The Morgan fingerprint density at radius 1 is 1.25 bits per heavy atom. The van der Waals surface area contributed by atoms with E-state index in [1.165, 1.54) is 0 Å². The molecule has 0 unspecified atom stereocenters. The van der Waals surface area contributed by atoms with Gasteiger partial charge < -0.3 is 4.43 Å². The molecular weight excluding hydrogens is 168 g/mol. The van der Waals surface area contributed by atoms with E-state index in [1.807, 2.05) is 6.92 Å². The van der Waals surface area contributed by atoms with Crippen LogP contribution in [0.1, 0.15) is 41.0 Å². The third-order valence-electron chi connectivity index (χ3n) is 1.87. The summed E-state index contributed by atoms with van der Waals surface area (Å²) in [6.07, 6.45) is 0.503. The van der Waals surface area contributed by atoms with E-state index < -0.39 is 9.04 Å². The zero-order chi connectivity index (χ0) is 9.72. The molecule has 0 fully saturated rings. The van der Waals surface area contributed by atoms with Crippen molar-refractivity contribution < 1.29 is 9.22 Å². The lowest BCUT2D eigenvalue weighted by molar-refractivity contribution is -0.134. The van der Waals surface area contributed by atoms with Crippen molar-refractivity contribution in [2.75, 3.05) is 0 Å². The highest BCUT2D eigenvalue weighted by molar-refractivity contribution is 6.56. The molecule has 0 saturated heterocycles. The van der Waals surface area contributed by atoms with Gasteiger partial charge in [-0.1, -0.05) is 34.6 Å². The smallest absolute Gasteiger partial charge is 0.292 e. The van der Waals surface area contributed by atoms with E-state index in [0.29, 0.717) is 17.5 Å². The summed E-state index contributed by atoms with van der Waals surface area (Å²) in [7, 11) is -1.31. The zero-order valence-corrected chi connectivity index (χ0v) is 9.91. The number of carbonyl (C=O) groups is 1. The maximum absolute atomic E-state index is 11.0. The van der Waals surface area contributed by atoms with Gasteiger partial charge in [0.1, 0.15) is 0 Å². The fourth-order valence-electron chi connectivity index (χ4n) is 1.28. The van der Waals surface area contributed by atoms with Crippen molar-refractivity contribution in [3.05, 3.63) is 0 Å². The first kappa shape index (κ1) is 11.7. The SMILES string of the molecule is CCC(=O)O[SiH](C(C)C)C(C)C.